The Labute approximate surface area is 138 Å². The molecule has 1 N–H and O–H groups in total. The molecule has 0 aliphatic carbocycles. The third kappa shape index (κ3) is 2.76. The summed E-state index contributed by atoms with van der Waals surface area (Å²) in [7, 11) is 0. The largest absolute Gasteiger partial charge is 0.372 e. The summed E-state index contributed by atoms with van der Waals surface area (Å²) in [4.78, 5) is 29.1. The fourth-order valence-corrected chi connectivity index (χ4v) is 4.39. The molecule has 0 saturated carbocycles. The molecule has 130 valence electrons. The van der Waals surface area contributed by atoms with Crippen LogP contribution in [0.1, 0.15) is 40.5 Å². The first-order valence-electron chi connectivity index (χ1n) is 8.86. The predicted octanol–water partition coefficient (Wildman–Crippen LogP) is 1.45. The highest BCUT2D eigenvalue weighted by Gasteiger charge is 2.54. The number of carbonyl (C=O) groups excluding carboxylic acids is 2. The molecule has 3 fully saturated rings. The highest BCUT2D eigenvalue weighted by Crippen LogP contribution is 2.33. The molecule has 6 nitrogen and oxygen atoms in total. The molecule has 2 atom stereocenters. The second kappa shape index (κ2) is 6.06. The van der Waals surface area contributed by atoms with Crippen LogP contribution in [0.2, 0.25) is 0 Å². The van der Waals surface area contributed by atoms with E-state index in [2.05, 4.69) is 10.2 Å². The molecular formula is C17H29N3O3. The van der Waals surface area contributed by atoms with Crippen LogP contribution < -0.4 is 5.32 Å². The molecule has 3 rings (SSSR count). The van der Waals surface area contributed by atoms with Gasteiger partial charge in [0.1, 0.15) is 5.54 Å². The minimum atomic E-state index is -0.763. The van der Waals surface area contributed by atoms with Gasteiger partial charge in [0, 0.05) is 26.2 Å². The lowest BCUT2D eigenvalue weighted by Gasteiger charge is -2.35. The molecule has 2 unspecified atom stereocenters. The van der Waals surface area contributed by atoms with E-state index in [0.29, 0.717) is 18.8 Å². The number of amides is 3. The minimum absolute atomic E-state index is 0.0660. The summed E-state index contributed by atoms with van der Waals surface area (Å²) in [6.07, 6.45) is 2.94. The van der Waals surface area contributed by atoms with Gasteiger partial charge in [0.15, 0.2) is 0 Å². The van der Waals surface area contributed by atoms with Gasteiger partial charge in [0.2, 0.25) is 0 Å². The molecule has 0 radical (unpaired) electrons. The van der Waals surface area contributed by atoms with E-state index in [1.165, 1.54) is 4.90 Å². The molecule has 0 spiro atoms. The lowest BCUT2D eigenvalue weighted by atomic mass is 9.77. The molecule has 3 amide bonds. The van der Waals surface area contributed by atoms with Crippen molar-refractivity contribution >= 4 is 11.9 Å². The van der Waals surface area contributed by atoms with Crippen LogP contribution in [0.5, 0.6) is 0 Å². The van der Waals surface area contributed by atoms with Crippen molar-refractivity contribution < 1.29 is 14.3 Å². The monoisotopic (exact) mass is 323 g/mol. The van der Waals surface area contributed by atoms with Gasteiger partial charge in [0.25, 0.3) is 5.91 Å². The Hall–Kier alpha value is -1.14. The number of imide groups is 1. The number of likely N-dealkylation sites (tertiary alicyclic amines) is 1. The Bertz CT molecular complexity index is 471. The van der Waals surface area contributed by atoms with E-state index in [1.54, 1.807) is 0 Å². The maximum absolute atomic E-state index is 12.9. The number of carbonyl (C=O) groups is 2. The highest BCUT2D eigenvalue weighted by molar-refractivity contribution is 6.07. The van der Waals surface area contributed by atoms with Crippen LogP contribution in [-0.4, -0.2) is 65.7 Å². The lowest BCUT2D eigenvalue weighted by Crippen LogP contribution is -2.56. The van der Waals surface area contributed by atoms with Gasteiger partial charge in [-0.3, -0.25) is 14.6 Å². The molecular weight excluding hydrogens is 294 g/mol. The summed E-state index contributed by atoms with van der Waals surface area (Å²) in [5.41, 5.74) is -0.763. The van der Waals surface area contributed by atoms with Gasteiger partial charge in [-0.05, 0) is 24.7 Å². The second-order valence-corrected chi connectivity index (χ2v) is 7.78. The summed E-state index contributed by atoms with van der Waals surface area (Å²) >= 11 is 0. The molecule has 3 saturated heterocycles. The average Bonchev–Trinajstić information content (AvgIpc) is 2.95. The molecule has 0 aromatic carbocycles. The molecule has 6 heteroatoms. The number of morpholine rings is 1. The van der Waals surface area contributed by atoms with Crippen molar-refractivity contribution in [1.82, 2.24) is 15.1 Å². The van der Waals surface area contributed by atoms with Crippen molar-refractivity contribution in [3.05, 3.63) is 0 Å². The fourth-order valence-electron chi connectivity index (χ4n) is 4.39. The number of hydrogen-bond donors (Lipinski definition) is 1. The van der Waals surface area contributed by atoms with E-state index in [-0.39, 0.29) is 23.8 Å². The first-order chi connectivity index (χ1) is 10.8. The molecule has 3 aliphatic heterocycles. The molecule has 3 heterocycles. The molecule has 3 aliphatic rings. The van der Waals surface area contributed by atoms with E-state index >= 15 is 0 Å². The number of rotatable bonds is 5. The number of nitrogens with zero attached hydrogens (tertiary/aromatic N) is 2. The van der Waals surface area contributed by atoms with E-state index in [4.69, 9.17) is 4.74 Å². The van der Waals surface area contributed by atoms with E-state index in [9.17, 15) is 9.59 Å². The Morgan fingerprint density at radius 2 is 1.65 bits per heavy atom. The van der Waals surface area contributed by atoms with Gasteiger partial charge in [-0.1, -0.05) is 27.7 Å². The van der Waals surface area contributed by atoms with Gasteiger partial charge in [-0.15, -0.1) is 0 Å². The van der Waals surface area contributed by atoms with Gasteiger partial charge >= 0.3 is 6.03 Å². The summed E-state index contributed by atoms with van der Waals surface area (Å²) < 4.78 is 5.84. The van der Waals surface area contributed by atoms with E-state index in [0.717, 1.165) is 32.5 Å². The van der Waals surface area contributed by atoms with Crippen LogP contribution in [0, 0.1) is 11.8 Å². The summed E-state index contributed by atoms with van der Waals surface area (Å²) in [6.45, 7) is 11.0. The Balaban J connectivity index is 1.64. The third-order valence-electron chi connectivity index (χ3n) is 5.74. The van der Waals surface area contributed by atoms with Crippen LogP contribution in [0.3, 0.4) is 0 Å². The van der Waals surface area contributed by atoms with Crippen molar-refractivity contribution in [3.8, 4) is 0 Å². The molecule has 2 bridgehead atoms. The van der Waals surface area contributed by atoms with Crippen molar-refractivity contribution in [2.75, 3.05) is 26.2 Å². The number of hydrogen-bond acceptors (Lipinski definition) is 4. The third-order valence-corrected chi connectivity index (χ3v) is 5.74. The second-order valence-electron chi connectivity index (χ2n) is 7.78. The summed E-state index contributed by atoms with van der Waals surface area (Å²) in [6, 6.07) is -0.242. The highest BCUT2D eigenvalue weighted by atomic mass is 16.5. The minimum Gasteiger partial charge on any atom is -0.372 e. The van der Waals surface area contributed by atoms with Crippen molar-refractivity contribution in [1.29, 1.82) is 0 Å². The first-order valence-corrected chi connectivity index (χ1v) is 8.86. The van der Waals surface area contributed by atoms with Gasteiger partial charge in [-0.2, -0.15) is 0 Å². The number of ether oxygens (including phenoxy) is 1. The maximum Gasteiger partial charge on any atom is 0.325 e. The van der Waals surface area contributed by atoms with E-state index in [1.807, 2.05) is 27.7 Å². The molecule has 0 aromatic heterocycles. The zero-order valence-electron chi connectivity index (χ0n) is 14.7. The smallest absolute Gasteiger partial charge is 0.325 e. The number of nitrogens with one attached hydrogen (secondary N) is 1. The Kier molecular flexibility index (Phi) is 4.40. The van der Waals surface area contributed by atoms with Crippen molar-refractivity contribution in [2.45, 2.75) is 58.3 Å². The van der Waals surface area contributed by atoms with Gasteiger partial charge in [0.05, 0.1) is 12.2 Å². The first kappa shape index (κ1) is 16.7. The van der Waals surface area contributed by atoms with Crippen molar-refractivity contribution in [3.63, 3.8) is 0 Å². The number of fused-ring (bicyclic) bond motifs is 2. The Morgan fingerprint density at radius 3 is 2.13 bits per heavy atom. The van der Waals surface area contributed by atoms with Crippen LogP contribution in [0.4, 0.5) is 4.79 Å². The quantitative estimate of drug-likeness (QED) is 0.778. The van der Waals surface area contributed by atoms with Gasteiger partial charge < -0.3 is 10.1 Å². The Morgan fingerprint density at radius 1 is 1.09 bits per heavy atom. The molecule has 0 aromatic rings. The normalized spacial score (nSPS) is 30.6. The van der Waals surface area contributed by atoms with Crippen LogP contribution in [0.15, 0.2) is 0 Å². The fraction of sp³-hybridized carbons (Fsp3) is 0.882. The van der Waals surface area contributed by atoms with Crippen molar-refractivity contribution in [2.24, 2.45) is 11.8 Å². The maximum atomic E-state index is 12.9. The SMILES string of the molecule is CC(C)C1(C(C)C)NC(=O)N(CCN2CC3CCC(C2)O3)C1=O. The average molecular weight is 323 g/mol. The summed E-state index contributed by atoms with van der Waals surface area (Å²) in [5, 5.41) is 2.98. The topological polar surface area (TPSA) is 61.9 Å². The van der Waals surface area contributed by atoms with Crippen LogP contribution in [0.25, 0.3) is 0 Å². The summed E-state index contributed by atoms with van der Waals surface area (Å²) in [5.74, 6) is 0.0788. The van der Waals surface area contributed by atoms with Crippen LogP contribution in [-0.2, 0) is 9.53 Å². The number of urea groups is 1. The van der Waals surface area contributed by atoms with Crippen LogP contribution >= 0.6 is 0 Å². The molecule has 23 heavy (non-hydrogen) atoms. The lowest BCUT2D eigenvalue weighted by molar-refractivity contribution is -0.135. The predicted molar refractivity (Wildman–Crippen MR) is 87.0 cm³/mol. The zero-order chi connectivity index (χ0) is 16.8. The zero-order valence-corrected chi connectivity index (χ0v) is 14.7. The standard InChI is InChI=1S/C17H29N3O3/c1-11(2)17(12(3)4)15(21)20(16(22)18-17)8-7-19-9-13-5-6-14(10-19)23-13/h11-14H,5-10H2,1-4H3,(H,18,22). The van der Waals surface area contributed by atoms with E-state index < -0.39 is 5.54 Å². The van der Waals surface area contributed by atoms with Gasteiger partial charge in [-0.25, -0.2) is 4.79 Å².